The number of aliphatic hydroxyl groups is 2. The Balaban J connectivity index is 1.82. The van der Waals surface area contributed by atoms with Crippen molar-refractivity contribution in [1.29, 1.82) is 0 Å². The van der Waals surface area contributed by atoms with Crippen molar-refractivity contribution in [3.8, 4) is 11.5 Å². The number of allylic oxidation sites excluding steroid dienone is 1. The van der Waals surface area contributed by atoms with Crippen molar-refractivity contribution in [3.05, 3.63) is 82.7 Å². The van der Waals surface area contributed by atoms with Gasteiger partial charge < -0.3 is 29.9 Å². The number of rotatable bonds is 10. The first-order chi connectivity index (χ1) is 18.8. The minimum Gasteiger partial charge on any atom is -0.493 e. The second-order valence-corrected chi connectivity index (χ2v) is 9.31. The number of fused-ring (bicyclic) bond motifs is 3. The molecule has 2 aromatic carbocycles. The Kier molecular flexibility index (Phi) is 8.78. The van der Waals surface area contributed by atoms with Crippen LogP contribution in [-0.2, 0) is 16.1 Å². The third-order valence-electron chi connectivity index (χ3n) is 6.82. The molecule has 39 heavy (non-hydrogen) atoms. The Labute approximate surface area is 225 Å². The first-order valence-corrected chi connectivity index (χ1v) is 12.7. The Morgan fingerprint density at radius 1 is 1.23 bits per heavy atom. The lowest BCUT2D eigenvalue weighted by molar-refractivity contribution is -0.133. The molecular weight excluding hydrogens is 507 g/mol. The fourth-order valence-electron chi connectivity index (χ4n) is 4.99. The van der Waals surface area contributed by atoms with E-state index in [4.69, 9.17) is 9.47 Å². The lowest BCUT2D eigenvalue weighted by Crippen LogP contribution is -2.55. The summed E-state index contributed by atoms with van der Waals surface area (Å²) in [6.07, 6.45) is 3.60. The Morgan fingerprint density at radius 2 is 1.97 bits per heavy atom. The molecule has 0 saturated carbocycles. The van der Waals surface area contributed by atoms with Crippen LogP contribution in [0.5, 0.6) is 11.5 Å². The summed E-state index contributed by atoms with van der Waals surface area (Å²) in [4.78, 5) is 39.7. The molecule has 2 aliphatic rings. The lowest BCUT2D eigenvalue weighted by Gasteiger charge is -2.40. The van der Waals surface area contributed by atoms with Gasteiger partial charge in [-0.15, -0.1) is 0 Å². The van der Waals surface area contributed by atoms with Crippen molar-refractivity contribution in [3.63, 3.8) is 0 Å². The molecule has 2 amide bonds. The highest BCUT2D eigenvalue weighted by molar-refractivity contribution is 5.97. The lowest BCUT2D eigenvalue weighted by atomic mass is 9.77. The van der Waals surface area contributed by atoms with Crippen molar-refractivity contribution in [2.75, 3.05) is 20.3 Å². The van der Waals surface area contributed by atoms with Gasteiger partial charge in [-0.25, -0.2) is 4.39 Å². The number of methoxy groups -OCH3 is 1. The zero-order chi connectivity index (χ0) is 28.1. The van der Waals surface area contributed by atoms with Crippen molar-refractivity contribution in [1.82, 2.24) is 10.2 Å². The number of nitrogens with zero attached hydrogens (tertiary/aromatic N) is 1. The highest BCUT2D eigenvalue weighted by Crippen LogP contribution is 2.51. The number of halogens is 1. The maximum atomic E-state index is 13.5. The fourth-order valence-corrected chi connectivity index (χ4v) is 4.99. The van der Waals surface area contributed by atoms with Crippen LogP contribution in [0, 0.1) is 5.82 Å². The summed E-state index contributed by atoms with van der Waals surface area (Å²) in [6, 6.07) is 7.75. The standard InChI is InChI=1S/C29H31FN2O7/c1-3-4-5-24(35)32(15-17-6-8-19(30)9-7-17)22-14-21(29(37)31-10-11-33)25-20-12-18(16-34)13-23(38-2)27(20)39-28(25)26(22)36/h4-9,12-14,16,22,25-26,28,33,36H,3,10-11,15H2,1-2H3,(H,31,37). The van der Waals surface area contributed by atoms with Crippen molar-refractivity contribution in [2.24, 2.45) is 0 Å². The molecule has 0 spiro atoms. The van der Waals surface area contributed by atoms with Crippen molar-refractivity contribution in [2.45, 2.75) is 44.1 Å². The van der Waals surface area contributed by atoms with E-state index in [0.717, 1.165) is 0 Å². The predicted molar refractivity (Wildman–Crippen MR) is 140 cm³/mol. The average molecular weight is 539 g/mol. The summed E-state index contributed by atoms with van der Waals surface area (Å²) in [5, 5.41) is 23.5. The molecule has 3 N–H and O–H groups in total. The van der Waals surface area contributed by atoms with Crippen LogP contribution in [0.25, 0.3) is 0 Å². The molecule has 0 aromatic heterocycles. The quantitative estimate of drug-likeness (QED) is 0.313. The van der Waals surface area contributed by atoms with Gasteiger partial charge in [-0.3, -0.25) is 14.4 Å². The molecule has 10 heteroatoms. The third-order valence-corrected chi connectivity index (χ3v) is 6.82. The smallest absolute Gasteiger partial charge is 0.247 e. The van der Waals surface area contributed by atoms with Gasteiger partial charge in [0, 0.05) is 29.8 Å². The van der Waals surface area contributed by atoms with Gasteiger partial charge in [-0.1, -0.05) is 25.1 Å². The molecule has 0 radical (unpaired) electrons. The second kappa shape index (κ2) is 12.2. The Morgan fingerprint density at radius 3 is 2.62 bits per heavy atom. The molecule has 1 aliphatic heterocycles. The van der Waals surface area contributed by atoms with Gasteiger partial charge in [0.25, 0.3) is 0 Å². The number of carbonyl (C=O) groups excluding carboxylic acids is 3. The number of aldehydes is 1. The average Bonchev–Trinajstić information content (AvgIpc) is 3.34. The normalized spacial score (nSPS) is 21.4. The summed E-state index contributed by atoms with van der Waals surface area (Å²) in [6.45, 7) is 1.61. The van der Waals surface area contributed by atoms with Crippen LogP contribution in [0.2, 0.25) is 0 Å². The maximum absolute atomic E-state index is 13.5. The van der Waals surface area contributed by atoms with E-state index in [2.05, 4.69) is 5.32 Å². The molecule has 4 rings (SSSR count). The summed E-state index contributed by atoms with van der Waals surface area (Å²) in [5.74, 6) is -1.55. The van der Waals surface area contributed by atoms with Crippen LogP contribution in [-0.4, -0.2) is 71.7 Å². The minimum absolute atomic E-state index is 0.0103. The highest BCUT2D eigenvalue weighted by atomic mass is 19.1. The van der Waals surface area contributed by atoms with Gasteiger partial charge in [0.1, 0.15) is 24.3 Å². The van der Waals surface area contributed by atoms with E-state index in [0.29, 0.717) is 35.1 Å². The predicted octanol–water partition coefficient (Wildman–Crippen LogP) is 2.26. The summed E-state index contributed by atoms with van der Waals surface area (Å²) < 4.78 is 25.1. The molecule has 0 saturated heterocycles. The van der Waals surface area contributed by atoms with E-state index >= 15 is 0 Å². The van der Waals surface area contributed by atoms with Crippen LogP contribution in [0.15, 0.2) is 60.2 Å². The van der Waals surface area contributed by atoms with E-state index in [-0.39, 0.29) is 31.0 Å². The van der Waals surface area contributed by atoms with Crippen LogP contribution in [0.1, 0.15) is 40.7 Å². The minimum atomic E-state index is -1.28. The second-order valence-electron chi connectivity index (χ2n) is 9.31. The van der Waals surface area contributed by atoms with Crippen LogP contribution in [0.4, 0.5) is 4.39 Å². The van der Waals surface area contributed by atoms with Crippen LogP contribution >= 0.6 is 0 Å². The highest BCUT2D eigenvalue weighted by Gasteiger charge is 2.51. The van der Waals surface area contributed by atoms with E-state index in [9.17, 15) is 29.0 Å². The Hall–Kier alpha value is -4.02. The summed E-state index contributed by atoms with van der Waals surface area (Å²) in [7, 11) is 1.42. The van der Waals surface area contributed by atoms with Gasteiger partial charge >= 0.3 is 0 Å². The van der Waals surface area contributed by atoms with Crippen LogP contribution in [0.3, 0.4) is 0 Å². The summed E-state index contributed by atoms with van der Waals surface area (Å²) in [5.41, 5.74) is 1.63. The molecule has 4 unspecified atom stereocenters. The molecule has 1 heterocycles. The van der Waals surface area contributed by atoms with E-state index < -0.39 is 41.8 Å². The van der Waals surface area contributed by atoms with Crippen molar-refractivity contribution >= 4 is 18.1 Å². The maximum Gasteiger partial charge on any atom is 0.247 e. The molecule has 206 valence electrons. The number of benzene rings is 2. The SMILES string of the molecule is CCC=CC(=O)N(Cc1ccc(F)cc1)C1C=C(C(=O)NCCO)C2c3cc(C=O)cc(OC)c3OC2C1O. The van der Waals surface area contributed by atoms with Gasteiger partial charge in [-0.05, 0) is 48.4 Å². The van der Waals surface area contributed by atoms with E-state index in [1.165, 1.54) is 42.4 Å². The molecule has 9 nitrogen and oxygen atoms in total. The Bertz CT molecular complexity index is 1290. The monoisotopic (exact) mass is 538 g/mol. The van der Waals surface area contributed by atoms with E-state index in [1.807, 2.05) is 6.92 Å². The van der Waals surface area contributed by atoms with Gasteiger partial charge in [0.05, 0.1) is 25.7 Å². The third kappa shape index (κ3) is 5.71. The van der Waals surface area contributed by atoms with Crippen LogP contribution < -0.4 is 14.8 Å². The van der Waals surface area contributed by atoms with Crippen molar-refractivity contribution < 1.29 is 38.5 Å². The molecule has 0 fully saturated rings. The molecule has 1 aliphatic carbocycles. The topological polar surface area (TPSA) is 125 Å². The van der Waals surface area contributed by atoms with E-state index in [1.54, 1.807) is 24.3 Å². The van der Waals surface area contributed by atoms with Gasteiger partial charge in [0.15, 0.2) is 11.5 Å². The molecule has 0 bridgehead atoms. The zero-order valence-corrected chi connectivity index (χ0v) is 21.7. The zero-order valence-electron chi connectivity index (χ0n) is 21.7. The van der Waals surface area contributed by atoms with Gasteiger partial charge in [0.2, 0.25) is 11.8 Å². The molecule has 4 atom stereocenters. The number of ether oxygens (including phenoxy) is 2. The number of hydrogen-bond acceptors (Lipinski definition) is 7. The number of aliphatic hydroxyl groups excluding tert-OH is 2. The number of carbonyl (C=O) groups is 3. The summed E-state index contributed by atoms with van der Waals surface area (Å²) >= 11 is 0. The molecule has 2 aromatic rings. The van der Waals surface area contributed by atoms with Gasteiger partial charge in [-0.2, -0.15) is 0 Å². The number of hydrogen-bond donors (Lipinski definition) is 3. The first kappa shape index (κ1) is 28.0. The fraction of sp³-hybridized carbons (Fsp3) is 0.345. The number of amides is 2. The molecular formula is C29H31FN2O7. The largest absolute Gasteiger partial charge is 0.493 e. The first-order valence-electron chi connectivity index (χ1n) is 12.7. The number of nitrogens with one attached hydrogen (secondary N) is 1.